The van der Waals surface area contributed by atoms with Crippen molar-refractivity contribution < 1.29 is 13.2 Å². The lowest BCUT2D eigenvalue weighted by atomic mass is 9.97. The third-order valence-corrected chi connectivity index (χ3v) is 6.57. The maximum absolute atomic E-state index is 12.6. The first-order valence-corrected chi connectivity index (χ1v) is 10.6. The molecule has 0 radical (unpaired) electrons. The molecule has 0 saturated carbocycles. The predicted octanol–water partition coefficient (Wildman–Crippen LogP) is 1.77. The Morgan fingerprint density at radius 2 is 1.84 bits per heavy atom. The summed E-state index contributed by atoms with van der Waals surface area (Å²) >= 11 is 0. The number of benzene rings is 1. The molecule has 0 aliphatic carbocycles. The standard InChI is InChI=1S/C18H29N3O3S/c1-14-8-9-17-6-4-5-7-18(17)21(14)11-10-19-25(22,23)20-12-15(2)24-16(3)13-20/h4-7,14-16,19H,8-13H2,1-3H3/t14-,15-,16-/m1/s1. The molecule has 25 heavy (non-hydrogen) atoms. The van der Waals surface area contributed by atoms with Crippen LogP contribution in [-0.2, 0) is 21.4 Å². The van der Waals surface area contributed by atoms with Crippen molar-refractivity contribution in [2.45, 2.75) is 51.9 Å². The molecule has 3 atom stereocenters. The number of ether oxygens (including phenoxy) is 1. The van der Waals surface area contributed by atoms with Crippen molar-refractivity contribution in [3.05, 3.63) is 29.8 Å². The summed E-state index contributed by atoms with van der Waals surface area (Å²) in [6, 6.07) is 8.82. The molecule has 1 fully saturated rings. The molecule has 2 aliphatic rings. The van der Waals surface area contributed by atoms with E-state index >= 15 is 0 Å². The summed E-state index contributed by atoms with van der Waals surface area (Å²) in [4.78, 5) is 2.31. The van der Waals surface area contributed by atoms with Gasteiger partial charge in [-0.3, -0.25) is 0 Å². The maximum Gasteiger partial charge on any atom is 0.279 e. The number of anilines is 1. The lowest BCUT2D eigenvalue weighted by molar-refractivity contribution is -0.0443. The van der Waals surface area contributed by atoms with Gasteiger partial charge < -0.3 is 9.64 Å². The molecular weight excluding hydrogens is 338 g/mol. The van der Waals surface area contributed by atoms with E-state index in [0.717, 1.165) is 12.8 Å². The summed E-state index contributed by atoms with van der Waals surface area (Å²) in [7, 11) is -3.47. The number of fused-ring (bicyclic) bond motifs is 1. The third-order valence-electron chi connectivity index (χ3n) is 5.03. The lowest BCUT2D eigenvalue weighted by Crippen LogP contribution is -2.53. The van der Waals surface area contributed by atoms with Gasteiger partial charge in [0.05, 0.1) is 12.2 Å². The number of hydrogen-bond acceptors (Lipinski definition) is 4. The summed E-state index contributed by atoms with van der Waals surface area (Å²) in [6.45, 7) is 7.91. The van der Waals surface area contributed by atoms with E-state index in [1.54, 1.807) is 0 Å². The molecule has 0 amide bonds. The Labute approximate surface area is 151 Å². The second-order valence-corrected chi connectivity index (χ2v) is 8.94. The molecule has 1 aromatic carbocycles. The van der Waals surface area contributed by atoms with Crippen molar-refractivity contribution in [1.82, 2.24) is 9.03 Å². The van der Waals surface area contributed by atoms with Crippen molar-refractivity contribution in [1.29, 1.82) is 0 Å². The highest BCUT2D eigenvalue weighted by atomic mass is 32.2. The molecule has 1 saturated heterocycles. The summed E-state index contributed by atoms with van der Waals surface area (Å²) < 4.78 is 35.1. The van der Waals surface area contributed by atoms with Gasteiger partial charge in [0.25, 0.3) is 10.2 Å². The minimum atomic E-state index is -3.47. The topological polar surface area (TPSA) is 61.9 Å². The summed E-state index contributed by atoms with van der Waals surface area (Å²) in [5.41, 5.74) is 2.58. The highest BCUT2D eigenvalue weighted by Crippen LogP contribution is 2.29. The zero-order valence-corrected chi connectivity index (χ0v) is 16.1. The first kappa shape index (κ1) is 18.6. The van der Waals surface area contributed by atoms with Crippen LogP contribution < -0.4 is 9.62 Å². The normalized spacial score (nSPS) is 28.0. The van der Waals surface area contributed by atoms with Crippen LogP contribution >= 0.6 is 0 Å². The fourth-order valence-electron chi connectivity index (χ4n) is 3.81. The van der Waals surface area contributed by atoms with Crippen LogP contribution in [0.25, 0.3) is 0 Å². The molecule has 2 aliphatic heterocycles. The van der Waals surface area contributed by atoms with Gasteiger partial charge in [0.15, 0.2) is 0 Å². The number of nitrogens with zero attached hydrogens (tertiary/aromatic N) is 2. The average Bonchev–Trinajstić information content (AvgIpc) is 2.56. The zero-order valence-electron chi connectivity index (χ0n) is 15.3. The van der Waals surface area contributed by atoms with E-state index < -0.39 is 10.2 Å². The Morgan fingerprint density at radius 3 is 2.56 bits per heavy atom. The first-order chi connectivity index (χ1) is 11.9. The molecular formula is C18H29N3O3S. The highest BCUT2D eigenvalue weighted by Gasteiger charge is 2.31. The second-order valence-electron chi connectivity index (χ2n) is 7.18. The van der Waals surface area contributed by atoms with Gasteiger partial charge in [0.1, 0.15) is 0 Å². The van der Waals surface area contributed by atoms with E-state index in [1.165, 1.54) is 15.6 Å². The summed E-state index contributed by atoms with van der Waals surface area (Å²) in [5.74, 6) is 0. The quantitative estimate of drug-likeness (QED) is 0.862. The molecule has 0 unspecified atom stereocenters. The van der Waals surface area contributed by atoms with E-state index in [-0.39, 0.29) is 12.2 Å². The SMILES string of the molecule is C[C@@H]1CN(S(=O)(=O)NCCN2c3ccccc3CC[C@H]2C)C[C@@H](C)O1. The molecule has 3 rings (SSSR count). The van der Waals surface area contributed by atoms with Crippen LogP contribution in [0.15, 0.2) is 24.3 Å². The molecule has 0 bridgehead atoms. The first-order valence-electron chi connectivity index (χ1n) is 9.11. The molecule has 7 heteroatoms. The number of morpholine rings is 1. The largest absolute Gasteiger partial charge is 0.373 e. The Morgan fingerprint density at radius 1 is 1.16 bits per heavy atom. The van der Waals surface area contributed by atoms with Crippen molar-refractivity contribution in [3.63, 3.8) is 0 Å². The van der Waals surface area contributed by atoms with Gasteiger partial charge in [-0.15, -0.1) is 0 Å². The average molecular weight is 368 g/mol. The Hall–Kier alpha value is -1.15. The number of hydrogen-bond donors (Lipinski definition) is 1. The molecule has 1 N–H and O–H groups in total. The zero-order chi connectivity index (χ0) is 18.0. The van der Waals surface area contributed by atoms with Gasteiger partial charge in [-0.05, 0) is 45.2 Å². The van der Waals surface area contributed by atoms with Gasteiger partial charge in [-0.25, -0.2) is 4.72 Å². The molecule has 140 valence electrons. The van der Waals surface area contributed by atoms with E-state index in [4.69, 9.17) is 4.74 Å². The molecule has 0 spiro atoms. The third kappa shape index (κ3) is 4.34. The summed E-state index contributed by atoms with van der Waals surface area (Å²) in [5, 5.41) is 0. The van der Waals surface area contributed by atoms with Crippen LogP contribution in [0.2, 0.25) is 0 Å². The molecule has 0 aromatic heterocycles. The van der Waals surface area contributed by atoms with E-state index in [9.17, 15) is 8.42 Å². The van der Waals surface area contributed by atoms with E-state index in [0.29, 0.717) is 32.2 Å². The fraction of sp³-hybridized carbons (Fsp3) is 0.667. The Kier molecular flexibility index (Phi) is 5.68. The van der Waals surface area contributed by atoms with Crippen LogP contribution in [0.1, 0.15) is 32.8 Å². The molecule has 1 aromatic rings. The van der Waals surface area contributed by atoms with E-state index in [1.807, 2.05) is 19.9 Å². The van der Waals surface area contributed by atoms with Crippen molar-refractivity contribution in [3.8, 4) is 0 Å². The van der Waals surface area contributed by atoms with Gasteiger partial charge in [-0.2, -0.15) is 12.7 Å². The number of aryl methyl sites for hydroxylation is 1. The number of rotatable bonds is 5. The van der Waals surface area contributed by atoms with Gasteiger partial charge in [0.2, 0.25) is 0 Å². The van der Waals surface area contributed by atoms with Crippen LogP contribution in [-0.4, -0.2) is 57.2 Å². The van der Waals surface area contributed by atoms with Crippen molar-refractivity contribution >= 4 is 15.9 Å². The summed E-state index contributed by atoms with van der Waals surface area (Å²) in [6.07, 6.45) is 2.04. The highest BCUT2D eigenvalue weighted by molar-refractivity contribution is 7.87. The van der Waals surface area contributed by atoms with Crippen molar-refractivity contribution in [2.24, 2.45) is 0 Å². The van der Waals surface area contributed by atoms with Crippen LogP contribution in [0.4, 0.5) is 5.69 Å². The molecule has 6 nitrogen and oxygen atoms in total. The van der Waals surface area contributed by atoms with Crippen LogP contribution in [0.3, 0.4) is 0 Å². The monoisotopic (exact) mass is 367 g/mol. The Bertz CT molecular complexity index is 685. The minimum absolute atomic E-state index is 0.0747. The van der Waals surface area contributed by atoms with Gasteiger partial charge >= 0.3 is 0 Å². The van der Waals surface area contributed by atoms with Crippen LogP contribution in [0, 0.1) is 0 Å². The van der Waals surface area contributed by atoms with E-state index in [2.05, 4.69) is 34.7 Å². The van der Waals surface area contributed by atoms with Gasteiger partial charge in [0, 0.05) is 37.9 Å². The second kappa shape index (κ2) is 7.61. The Balaban J connectivity index is 1.61. The smallest absolute Gasteiger partial charge is 0.279 e. The predicted molar refractivity (Wildman–Crippen MR) is 100 cm³/mol. The molecule has 2 heterocycles. The minimum Gasteiger partial charge on any atom is -0.373 e. The number of nitrogens with one attached hydrogen (secondary N) is 1. The number of para-hydroxylation sites is 1. The maximum atomic E-state index is 12.6. The van der Waals surface area contributed by atoms with Gasteiger partial charge in [-0.1, -0.05) is 18.2 Å². The lowest BCUT2D eigenvalue weighted by Gasteiger charge is -2.38. The van der Waals surface area contributed by atoms with Crippen molar-refractivity contribution in [2.75, 3.05) is 31.1 Å². The van der Waals surface area contributed by atoms with Crippen LogP contribution in [0.5, 0.6) is 0 Å². The fourth-order valence-corrected chi connectivity index (χ4v) is 5.16.